The molecule has 2 aromatic rings. The maximum absolute atomic E-state index is 2.22. The van der Waals surface area contributed by atoms with Crippen LogP contribution >= 0.6 is 21.0 Å². The lowest BCUT2D eigenvalue weighted by Gasteiger charge is -2.08. The summed E-state index contributed by atoms with van der Waals surface area (Å²) in [5, 5.41) is 2.90. The molecular weight excluding hydrogens is 235 g/mol. The van der Waals surface area contributed by atoms with Crippen molar-refractivity contribution in [3.05, 3.63) is 59.7 Å². The van der Waals surface area contributed by atoms with Crippen LogP contribution < -0.4 is 10.6 Å². The Labute approximate surface area is 105 Å². The van der Waals surface area contributed by atoms with E-state index >= 15 is 0 Å². The zero-order chi connectivity index (χ0) is 10.7. The lowest BCUT2D eigenvalue weighted by molar-refractivity contribution is 1.51. The molecule has 2 heteroatoms. The third kappa shape index (κ3) is 3.07. The zero-order valence-electron chi connectivity index (χ0n) is 9.53. The second-order valence-electron chi connectivity index (χ2n) is 3.75. The average molecular weight is 251 g/mol. The third-order valence-electron chi connectivity index (χ3n) is 2.56. The molecule has 0 nitrogen and oxygen atoms in total. The molecule has 0 N–H and O–H groups in total. The van der Waals surface area contributed by atoms with Crippen LogP contribution in [-0.2, 0) is 0 Å². The van der Waals surface area contributed by atoms with Gasteiger partial charge in [0.15, 0.2) is 0 Å². The van der Waals surface area contributed by atoms with Gasteiger partial charge in [-0.2, -0.15) is 0 Å². The lowest BCUT2D eigenvalue weighted by atomic mass is 10.2. The molecule has 84 valence electrons. The topological polar surface area (TPSA) is 0 Å². The van der Waals surface area contributed by atoms with Gasteiger partial charge in [0.25, 0.3) is 0 Å². The number of aryl methyl sites for hydroxylation is 2. The molecule has 0 spiro atoms. The van der Waals surface area contributed by atoms with Gasteiger partial charge in [-0.25, -0.2) is 0 Å². The van der Waals surface area contributed by atoms with Crippen LogP contribution in [0.25, 0.3) is 0 Å². The van der Waals surface area contributed by atoms with Crippen LogP contribution in [-0.4, -0.2) is 0 Å². The average Bonchev–Trinajstić information content (AvgIpc) is 2.24. The standard InChI is InChI=1S/C14H15P.ClH/c1-11-7-3-5-9-13(11)15-14-10-6-4-8-12(14)2;/h3-10,15H,1-2H3;1H. The van der Waals surface area contributed by atoms with Crippen LogP contribution in [0.1, 0.15) is 11.1 Å². The van der Waals surface area contributed by atoms with Gasteiger partial charge in [0.1, 0.15) is 0 Å². The van der Waals surface area contributed by atoms with Crippen molar-refractivity contribution in [1.29, 1.82) is 0 Å². The minimum absolute atomic E-state index is 0. The maximum Gasteiger partial charge on any atom is -0.0197 e. The summed E-state index contributed by atoms with van der Waals surface area (Å²) in [5.74, 6) is 0. The van der Waals surface area contributed by atoms with Crippen molar-refractivity contribution in [2.45, 2.75) is 13.8 Å². The van der Waals surface area contributed by atoms with Crippen molar-refractivity contribution in [3.8, 4) is 0 Å². The van der Waals surface area contributed by atoms with E-state index in [0.717, 1.165) is 8.58 Å². The molecule has 0 aliphatic carbocycles. The highest BCUT2D eigenvalue weighted by Crippen LogP contribution is 2.15. The van der Waals surface area contributed by atoms with Gasteiger partial charge >= 0.3 is 0 Å². The van der Waals surface area contributed by atoms with E-state index in [4.69, 9.17) is 0 Å². The minimum Gasteiger partial charge on any atom is -0.147 e. The fourth-order valence-electron chi connectivity index (χ4n) is 1.57. The fraction of sp³-hybridized carbons (Fsp3) is 0.143. The van der Waals surface area contributed by atoms with Crippen molar-refractivity contribution in [1.82, 2.24) is 0 Å². The summed E-state index contributed by atoms with van der Waals surface area (Å²) in [5.41, 5.74) is 2.78. The van der Waals surface area contributed by atoms with E-state index in [9.17, 15) is 0 Å². The summed E-state index contributed by atoms with van der Waals surface area (Å²) >= 11 is 0. The second kappa shape index (κ2) is 6.03. The summed E-state index contributed by atoms with van der Waals surface area (Å²) in [6, 6.07) is 17.2. The smallest absolute Gasteiger partial charge is 0.0197 e. The Bertz CT molecular complexity index is 422. The van der Waals surface area contributed by atoms with Crippen LogP contribution in [0.3, 0.4) is 0 Å². The van der Waals surface area contributed by atoms with E-state index in [0.29, 0.717) is 0 Å². The quantitative estimate of drug-likeness (QED) is 0.717. The molecule has 0 fully saturated rings. The summed E-state index contributed by atoms with van der Waals surface area (Å²) < 4.78 is 0. The van der Waals surface area contributed by atoms with Crippen LogP contribution in [0.2, 0.25) is 0 Å². The number of benzene rings is 2. The summed E-state index contributed by atoms with van der Waals surface area (Å²) in [4.78, 5) is 0. The number of halogens is 1. The molecule has 2 aromatic carbocycles. The van der Waals surface area contributed by atoms with Crippen molar-refractivity contribution < 1.29 is 0 Å². The molecule has 0 unspecified atom stereocenters. The van der Waals surface area contributed by atoms with Crippen molar-refractivity contribution in [2.24, 2.45) is 0 Å². The molecule has 0 saturated heterocycles. The summed E-state index contributed by atoms with van der Waals surface area (Å²) in [6.45, 7) is 4.36. The van der Waals surface area contributed by atoms with Crippen molar-refractivity contribution in [2.75, 3.05) is 0 Å². The van der Waals surface area contributed by atoms with Gasteiger partial charge in [0.2, 0.25) is 0 Å². The lowest BCUT2D eigenvalue weighted by Crippen LogP contribution is -2.08. The van der Waals surface area contributed by atoms with Gasteiger partial charge in [-0.15, -0.1) is 12.4 Å². The highest BCUT2D eigenvalue weighted by molar-refractivity contribution is 7.55. The van der Waals surface area contributed by atoms with Crippen LogP contribution in [0.5, 0.6) is 0 Å². The third-order valence-corrected chi connectivity index (χ3v) is 4.22. The van der Waals surface area contributed by atoms with Crippen molar-refractivity contribution in [3.63, 3.8) is 0 Å². The van der Waals surface area contributed by atoms with Gasteiger partial charge in [-0.3, -0.25) is 0 Å². The molecule has 0 heterocycles. The summed E-state index contributed by atoms with van der Waals surface area (Å²) in [7, 11) is 0.774. The molecule has 2 rings (SSSR count). The molecule has 16 heavy (non-hydrogen) atoms. The van der Waals surface area contributed by atoms with E-state index < -0.39 is 0 Å². The van der Waals surface area contributed by atoms with E-state index in [1.54, 1.807) is 0 Å². The second-order valence-corrected chi connectivity index (χ2v) is 5.08. The Morgan fingerprint density at radius 1 is 0.688 bits per heavy atom. The highest BCUT2D eigenvalue weighted by Gasteiger charge is 2.00. The first-order chi connectivity index (χ1) is 7.27. The van der Waals surface area contributed by atoms with E-state index in [1.807, 2.05) is 0 Å². The Morgan fingerprint density at radius 2 is 1.06 bits per heavy atom. The molecule has 0 aromatic heterocycles. The van der Waals surface area contributed by atoms with Gasteiger partial charge in [0.05, 0.1) is 0 Å². The molecule has 0 atom stereocenters. The van der Waals surface area contributed by atoms with Crippen LogP contribution in [0, 0.1) is 13.8 Å². The summed E-state index contributed by atoms with van der Waals surface area (Å²) in [6.07, 6.45) is 0. The normalized spacial score (nSPS) is 9.62. The largest absolute Gasteiger partial charge is 0.147 e. The molecule has 0 aliphatic rings. The fourth-order valence-corrected chi connectivity index (χ4v) is 2.78. The Kier molecular flexibility index (Phi) is 4.99. The van der Waals surface area contributed by atoms with Crippen molar-refractivity contribution >= 4 is 31.6 Å². The Hall–Kier alpha value is -0.840. The van der Waals surface area contributed by atoms with E-state index in [-0.39, 0.29) is 12.4 Å². The predicted molar refractivity (Wildman–Crippen MR) is 77.2 cm³/mol. The number of rotatable bonds is 2. The Morgan fingerprint density at radius 3 is 1.44 bits per heavy atom. The molecule has 0 radical (unpaired) electrons. The van der Waals surface area contributed by atoms with Gasteiger partial charge in [0, 0.05) is 0 Å². The van der Waals surface area contributed by atoms with Crippen LogP contribution in [0.15, 0.2) is 48.5 Å². The number of hydrogen-bond donors (Lipinski definition) is 0. The molecule has 0 saturated carbocycles. The first-order valence-electron chi connectivity index (χ1n) is 5.15. The van der Waals surface area contributed by atoms with E-state index in [1.165, 1.54) is 21.7 Å². The van der Waals surface area contributed by atoms with Gasteiger partial charge in [-0.1, -0.05) is 57.1 Å². The van der Waals surface area contributed by atoms with Gasteiger partial charge in [-0.05, 0) is 35.6 Å². The molecular formula is C14H16ClP. The number of hydrogen-bond acceptors (Lipinski definition) is 0. The highest BCUT2D eigenvalue weighted by atomic mass is 35.5. The molecule has 0 amide bonds. The van der Waals surface area contributed by atoms with Gasteiger partial charge < -0.3 is 0 Å². The Balaban J connectivity index is 0.00000128. The minimum atomic E-state index is 0. The van der Waals surface area contributed by atoms with E-state index in [2.05, 4.69) is 62.4 Å². The molecule has 0 bridgehead atoms. The molecule has 0 aliphatic heterocycles. The monoisotopic (exact) mass is 250 g/mol. The SMILES string of the molecule is Cc1ccccc1Pc1ccccc1C.Cl. The van der Waals surface area contributed by atoms with Crippen LogP contribution in [0.4, 0.5) is 0 Å². The first kappa shape index (κ1) is 13.2. The first-order valence-corrected chi connectivity index (χ1v) is 6.15. The maximum atomic E-state index is 2.22. The zero-order valence-corrected chi connectivity index (χ0v) is 11.3. The predicted octanol–water partition coefficient (Wildman–Crippen LogP) is 3.35.